The highest BCUT2D eigenvalue weighted by Gasteiger charge is 2.29. The Morgan fingerprint density at radius 1 is 1.13 bits per heavy atom. The Morgan fingerprint density at radius 2 is 1.60 bits per heavy atom. The van der Waals surface area contributed by atoms with Gasteiger partial charge in [0.1, 0.15) is 0 Å². The van der Waals surface area contributed by atoms with Crippen LogP contribution in [0.15, 0.2) is 0 Å². The lowest BCUT2D eigenvalue weighted by Gasteiger charge is -2.34. The Hall–Kier alpha value is 0.110. The van der Waals surface area contributed by atoms with Gasteiger partial charge in [-0.05, 0) is 17.3 Å². The molecule has 0 aromatic rings. The van der Waals surface area contributed by atoms with Gasteiger partial charge in [-0.2, -0.15) is 0 Å². The highest BCUT2D eigenvalue weighted by molar-refractivity contribution is 7.49. The first-order valence-corrected chi connectivity index (χ1v) is 6.89. The molecule has 4 nitrogen and oxygen atoms in total. The third kappa shape index (κ3) is 7.97. The summed E-state index contributed by atoms with van der Waals surface area (Å²) >= 11 is 0. The number of hydrogen-bond donors (Lipinski definition) is 3. The Balaban J connectivity index is 4.25. The highest BCUT2D eigenvalue weighted by atomic mass is 31.2. The highest BCUT2D eigenvalue weighted by Crippen LogP contribution is 2.37. The van der Waals surface area contributed by atoms with Crippen molar-refractivity contribution in [2.45, 2.75) is 47.5 Å². The first-order chi connectivity index (χ1) is 6.47. The Morgan fingerprint density at radius 3 is 1.93 bits per heavy atom. The summed E-state index contributed by atoms with van der Waals surface area (Å²) in [5.41, 5.74) is 0.0979. The fraction of sp³-hybridized carbons (Fsp3) is 1.00. The summed E-state index contributed by atoms with van der Waals surface area (Å²) < 4.78 is 10.7. The maximum absolute atomic E-state index is 10.7. The summed E-state index contributed by atoms with van der Waals surface area (Å²) in [6, 6.07) is 0. The molecule has 0 bridgehead atoms. The molecule has 0 aliphatic heterocycles. The third-order valence-corrected chi connectivity index (χ3v) is 3.25. The molecule has 0 unspecified atom stereocenters. The standard InChI is InChI=1S/C10H24NO3P/c1-6-9(2,3)7-10(4,5)8-11-15(12,13)14/h6-8H2,1-5H3,(H3,11,12,13,14). The van der Waals surface area contributed by atoms with Crippen molar-refractivity contribution < 1.29 is 14.4 Å². The molecule has 0 heterocycles. The molecule has 0 saturated heterocycles. The van der Waals surface area contributed by atoms with Gasteiger partial charge in [0.05, 0.1) is 0 Å². The van der Waals surface area contributed by atoms with Crippen LogP contribution in [-0.4, -0.2) is 16.3 Å². The van der Waals surface area contributed by atoms with Crippen molar-refractivity contribution in [3.8, 4) is 0 Å². The van der Waals surface area contributed by atoms with Crippen LogP contribution in [0.2, 0.25) is 0 Å². The monoisotopic (exact) mass is 237 g/mol. The molecule has 0 fully saturated rings. The average molecular weight is 237 g/mol. The van der Waals surface area contributed by atoms with Gasteiger partial charge in [0.25, 0.3) is 0 Å². The van der Waals surface area contributed by atoms with Crippen molar-refractivity contribution in [1.82, 2.24) is 5.09 Å². The van der Waals surface area contributed by atoms with Gasteiger partial charge in [0, 0.05) is 6.54 Å². The van der Waals surface area contributed by atoms with Crippen LogP contribution in [0.3, 0.4) is 0 Å². The van der Waals surface area contributed by atoms with Gasteiger partial charge in [0.15, 0.2) is 0 Å². The van der Waals surface area contributed by atoms with Gasteiger partial charge in [-0.3, -0.25) is 0 Å². The Labute approximate surface area is 92.7 Å². The summed E-state index contributed by atoms with van der Waals surface area (Å²) in [4.78, 5) is 17.5. The molecule has 0 amide bonds. The van der Waals surface area contributed by atoms with Crippen LogP contribution in [0.25, 0.3) is 0 Å². The first-order valence-electron chi connectivity index (χ1n) is 5.28. The van der Waals surface area contributed by atoms with E-state index in [-0.39, 0.29) is 10.8 Å². The fourth-order valence-corrected chi connectivity index (χ4v) is 2.43. The van der Waals surface area contributed by atoms with Crippen molar-refractivity contribution in [3.63, 3.8) is 0 Å². The Bertz CT molecular complexity index is 245. The second kappa shape index (κ2) is 4.96. The summed E-state index contributed by atoms with van der Waals surface area (Å²) in [5.74, 6) is 0. The normalized spacial score (nSPS) is 14.3. The van der Waals surface area contributed by atoms with E-state index in [4.69, 9.17) is 9.79 Å². The van der Waals surface area contributed by atoms with Crippen molar-refractivity contribution in [1.29, 1.82) is 0 Å². The van der Waals surface area contributed by atoms with Gasteiger partial charge in [-0.25, -0.2) is 9.65 Å². The largest absolute Gasteiger partial charge is 0.400 e. The number of rotatable bonds is 6. The van der Waals surface area contributed by atoms with Crippen LogP contribution in [-0.2, 0) is 4.57 Å². The molecule has 92 valence electrons. The van der Waals surface area contributed by atoms with Crippen LogP contribution >= 0.6 is 7.75 Å². The molecular weight excluding hydrogens is 213 g/mol. The number of hydrogen-bond acceptors (Lipinski definition) is 1. The summed E-state index contributed by atoms with van der Waals surface area (Å²) in [7, 11) is -4.09. The molecule has 3 N–H and O–H groups in total. The molecule has 0 aliphatic carbocycles. The zero-order valence-electron chi connectivity index (χ0n) is 10.4. The predicted molar refractivity (Wildman–Crippen MR) is 62.5 cm³/mol. The van der Waals surface area contributed by atoms with Crippen LogP contribution in [0.4, 0.5) is 0 Å². The molecule has 5 heteroatoms. The van der Waals surface area contributed by atoms with Gasteiger partial charge >= 0.3 is 7.75 Å². The molecule has 0 aromatic heterocycles. The predicted octanol–water partition coefficient (Wildman–Crippen LogP) is 2.52. The quantitative estimate of drug-likeness (QED) is 0.621. The molecule has 0 radical (unpaired) electrons. The van der Waals surface area contributed by atoms with E-state index in [1.807, 2.05) is 13.8 Å². The molecule has 0 rings (SSSR count). The summed E-state index contributed by atoms with van der Waals surface area (Å²) in [5, 5.41) is 2.28. The van der Waals surface area contributed by atoms with E-state index in [0.29, 0.717) is 6.54 Å². The average Bonchev–Trinajstić information content (AvgIpc) is 1.98. The van der Waals surface area contributed by atoms with E-state index in [1.165, 1.54) is 0 Å². The SMILES string of the molecule is CCC(C)(C)CC(C)(C)CNP(=O)(O)O. The van der Waals surface area contributed by atoms with E-state index in [0.717, 1.165) is 12.8 Å². The second-order valence-corrected chi connectivity index (χ2v) is 7.14. The van der Waals surface area contributed by atoms with Crippen molar-refractivity contribution in [2.24, 2.45) is 10.8 Å². The van der Waals surface area contributed by atoms with Crippen LogP contribution in [0.1, 0.15) is 47.5 Å². The van der Waals surface area contributed by atoms with Gasteiger partial charge in [-0.1, -0.05) is 41.0 Å². The number of nitrogens with one attached hydrogen (secondary N) is 1. The lowest BCUT2D eigenvalue weighted by Crippen LogP contribution is -2.32. The van der Waals surface area contributed by atoms with Gasteiger partial charge in [-0.15, -0.1) is 0 Å². The smallest absolute Gasteiger partial charge is 0.313 e. The molecule has 0 aliphatic rings. The minimum absolute atomic E-state index is 0.110. The van der Waals surface area contributed by atoms with E-state index in [1.54, 1.807) is 0 Å². The third-order valence-electron chi connectivity index (χ3n) is 2.68. The minimum atomic E-state index is -4.09. The maximum atomic E-state index is 10.7. The van der Waals surface area contributed by atoms with E-state index < -0.39 is 7.75 Å². The zero-order valence-corrected chi connectivity index (χ0v) is 11.3. The molecule has 0 atom stereocenters. The van der Waals surface area contributed by atoms with E-state index in [2.05, 4.69) is 25.9 Å². The topological polar surface area (TPSA) is 69.6 Å². The van der Waals surface area contributed by atoms with Gasteiger partial charge in [0.2, 0.25) is 0 Å². The molecular formula is C10H24NO3P. The zero-order chi connectivity index (χ0) is 12.3. The lowest BCUT2D eigenvalue weighted by atomic mass is 9.74. The lowest BCUT2D eigenvalue weighted by molar-refractivity contribution is 0.186. The van der Waals surface area contributed by atoms with Gasteiger partial charge < -0.3 is 9.79 Å². The maximum Gasteiger partial charge on any atom is 0.400 e. The van der Waals surface area contributed by atoms with Crippen LogP contribution in [0.5, 0.6) is 0 Å². The molecule has 0 aromatic carbocycles. The van der Waals surface area contributed by atoms with Crippen LogP contribution < -0.4 is 5.09 Å². The minimum Gasteiger partial charge on any atom is -0.313 e. The molecule has 0 saturated carbocycles. The summed E-state index contributed by atoms with van der Waals surface area (Å²) in [6.45, 7) is 10.9. The van der Waals surface area contributed by atoms with Crippen LogP contribution in [0, 0.1) is 10.8 Å². The Kier molecular flexibility index (Phi) is 5.00. The fourth-order valence-electron chi connectivity index (χ4n) is 1.80. The van der Waals surface area contributed by atoms with Crippen molar-refractivity contribution >= 4 is 7.75 Å². The van der Waals surface area contributed by atoms with E-state index in [9.17, 15) is 4.57 Å². The van der Waals surface area contributed by atoms with Crippen molar-refractivity contribution in [2.75, 3.05) is 6.54 Å². The summed E-state index contributed by atoms with van der Waals surface area (Å²) in [6.07, 6.45) is 2.00. The van der Waals surface area contributed by atoms with E-state index >= 15 is 0 Å². The first kappa shape index (κ1) is 15.1. The molecule has 0 spiro atoms. The molecule has 15 heavy (non-hydrogen) atoms. The second-order valence-electron chi connectivity index (χ2n) is 5.74. The van der Waals surface area contributed by atoms with Crippen molar-refractivity contribution in [3.05, 3.63) is 0 Å².